The van der Waals surface area contributed by atoms with Crippen LogP contribution in [0.1, 0.15) is 24.0 Å². The maximum absolute atomic E-state index is 5.38. The smallest absolute Gasteiger partial charge is 0.170 e. The van der Waals surface area contributed by atoms with Crippen LogP contribution >= 0.6 is 0 Å². The number of fused-ring (bicyclic) bond motifs is 1. The summed E-state index contributed by atoms with van der Waals surface area (Å²) in [6.07, 6.45) is 3.82. The van der Waals surface area contributed by atoms with E-state index in [1.807, 2.05) is 42.5 Å². The van der Waals surface area contributed by atoms with Gasteiger partial charge in [-0.3, -0.25) is 9.47 Å². The van der Waals surface area contributed by atoms with E-state index in [1.165, 1.54) is 16.8 Å². The topological polar surface area (TPSA) is 71.3 Å². The third-order valence-corrected chi connectivity index (χ3v) is 8.29. The lowest BCUT2D eigenvalue weighted by Gasteiger charge is -2.37. The van der Waals surface area contributed by atoms with Crippen LogP contribution in [-0.2, 0) is 0 Å². The molecule has 0 atom stereocenters. The van der Waals surface area contributed by atoms with Crippen molar-refractivity contribution in [3.05, 3.63) is 90.3 Å². The average Bonchev–Trinajstić information content (AvgIpc) is 3.43. The number of aryl methyl sites for hydroxylation is 1. The largest absolute Gasteiger partial charge is 0.497 e. The van der Waals surface area contributed by atoms with E-state index in [0.29, 0.717) is 0 Å². The highest BCUT2D eigenvalue weighted by Crippen LogP contribution is 2.31. The van der Waals surface area contributed by atoms with Gasteiger partial charge in [0.15, 0.2) is 17.0 Å². The highest BCUT2D eigenvalue weighted by molar-refractivity contribution is 5.88. The molecule has 8 heteroatoms. The molecule has 0 radical (unpaired) electrons. The first-order valence-corrected chi connectivity index (χ1v) is 14.8. The van der Waals surface area contributed by atoms with Gasteiger partial charge in [-0.05, 0) is 74.7 Å². The van der Waals surface area contributed by atoms with Crippen molar-refractivity contribution >= 4 is 22.7 Å². The van der Waals surface area contributed by atoms with E-state index in [0.717, 1.165) is 91.9 Å². The van der Waals surface area contributed by atoms with Crippen LogP contribution in [0.5, 0.6) is 5.75 Å². The molecule has 0 aliphatic carbocycles. The average molecular weight is 562 g/mol. The standard InChI is InChI=1S/C34H39N7O/c1-25-10-9-13-30(26(25)2)40-22-20-39(21-23-40)19-8-7-18-35-32-31-34(37-24-36-32)41(28-14-16-29(42-3)17-15-28)33(38-31)27-11-5-4-6-12-27/h4-6,9-17,24H,7-8,18-23H2,1-3H3,(H,35,36,37). The molecule has 1 aliphatic heterocycles. The van der Waals surface area contributed by atoms with E-state index in [9.17, 15) is 0 Å². The molecule has 3 heterocycles. The summed E-state index contributed by atoms with van der Waals surface area (Å²) >= 11 is 0. The normalized spacial score (nSPS) is 13.9. The Bertz CT molecular complexity index is 1620. The van der Waals surface area contributed by atoms with Crippen LogP contribution in [0, 0.1) is 13.8 Å². The number of rotatable bonds is 10. The van der Waals surface area contributed by atoms with E-state index in [4.69, 9.17) is 9.72 Å². The minimum Gasteiger partial charge on any atom is -0.497 e. The number of hydrogen-bond donors (Lipinski definition) is 1. The molecule has 3 aromatic carbocycles. The van der Waals surface area contributed by atoms with Crippen LogP contribution in [-0.4, -0.2) is 70.8 Å². The van der Waals surface area contributed by atoms with Gasteiger partial charge < -0.3 is 15.0 Å². The molecule has 2 aromatic heterocycles. The molecular formula is C34H39N7O. The zero-order valence-corrected chi connectivity index (χ0v) is 24.8. The summed E-state index contributed by atoms with van der Waals surface area (Å²) in [5.41, 5.74) is 7.70. The van der Waals surface area contributed by atoms with Gasteiger partial charge in [-0.2, -0.15) is 0 Å². The van der Waals surface area contributed by atoms with E-state index in [2.05, 4.69) is 73.8 Å². The molecule has 42 heavy (non-hydrogen) atoms. The molecular weight excluding hydrogens is 522 g/mol. The van der Waals surface area contributed by atoms with Crippen LogP contribution in [0.4, 0.5) is 11.5 Å². The Balaban J connectivity index is 1.10. The van der Waals surface area contributed by atoms with E-state index in [-0.39, 0.29) is 0 Å². The number of unbranched alkanes of at least 4 members (excludes halogenated alkanes) is 1. The molecule has 8 nitrogen and oxygen atoms in total. The Morgan fingerprint density at radius 3 is 2.38 bits per heavy atom. The Morgan fingerprint density at radius 2 is 1.62 bits per heavy atom. The monoisotopic (exact) mass is 561 g/mol. The van der Waals surface area contributed by atoms with Gasteiger partial charge in [0.05, 0.1) is 7.11 Å². The molecule has 1 fully saturated rings. The molecule has 1 aliphatic rings. The van der Waals surface area contributed by atoms with Crippen molar-refractivity contribution in [2.45, 2.75) is 26.7 Å². The summed E-state index contributed by atoms with van der Waals surface area (Å²) in [6.45, 7) is 10.8. The first-order chi connectivity index (χ1) is 20.6. The quantitative estimate of drug-likeness (QED) is 0.206. The molecule has 0 bridgehead atoms. The Morgan fingerprint density at radius 1 is 0.833 bits per heavy atom. The van der Waals surface area contributed by atoms with Crippen molar-refractivity contribution in [3.8, 4) is 22.8 Å². The van der Waals surface area contributed by atoms with Crippen LogP contribution in [0.15, 0.2) is 79.1 Å². The van der Waals surface area contributed by atoms with Crippen molar-refractivity contribution in [3.63, 3.8) is 0 Å². The van der Waals surface area contributed by atoms with Gasteiger partial charge in [0.25, 0.3) is 0 Å². The summed E-state index contributed by atoms with van der Waals surface area (Å²) in [4.78, 5) is 19.4. The van der Waals surface area contributed by atoms with Crippen molar-refractivity contribution in [1.29, 1.82) is 0 Å². The highest BCUT2D eigenvalue weighted by atomic mass is 16.5. The second-order valence-corrected chi connectivity index (χ2v) is 10.9. The first kappa shape index (κ1) is 27.7. The summed E-state index contributed by atoms with van der Waals surface area (Å²) in [5, 5.41) is 3.55. The number of piperazine rings is 1. The van der Waals surface area contributed by atoms with Crippen LogP contribution in [0.2, 0.25) is 0 Å². The van der Waals surface area contributed by atoms with Crippen LogP contribution < -0.4 is 15.0 Å². The third-order valence-electron chi connectivity index (χ3n) is 8.29. The zero-order chi connectivity index (χ0) is 28.9. The Labute approximate surface area is 248 Å². The van der Waals surface area contributed by atoms with Gasteiger partial charge in [0, 0.05) is 49.7 Å². The maximum atomic E-state index is 5.38. The number of ether oxygens (including phenoxy) is 1. The van der Waals surface area contributed by atoms with Gasteiger partial charge in [-0.1, -0.05) is 42.5 Å². The van der Waals surface area contributed by atoms with Gasteiger partial charge in [0.2, 0.25) is 0 Å². The second kappa shape index (κ2) is 12.6. The van der Waals surface area contributed by atoms with Gasteiger partial charge in [0.1, 0.15) is 17.9 Å². The lowest BCUT2D eigenvalue weighted by molar-refractivity contribution is 0.253. The van der Waals surface area contributed by atoms with Crippen molar-refractivity contribution in [2.24, 2.45) is 0 Å². The second-order valence-electron chi connectivity index (χ2n) is 10.9. The minimum atomic E-state index is 0.770. The molecule has 0 amide bonds. The number of anilines is 2. The number of imidazole rings is 1. The molecule has 1 saturated heterocycles. The predicted octanol–water partition coefficient (Wildman–Crippen LogP) is 6.12. The molecule has 0 saturated carbocycles. The van der Waals surface area contributed by atoms with Crippen molar-refractivity contribution < 1.29 is 4.74 Å². The lowest BCUT2D eigenvalue weighted by atomic mass is 10.1. The molecule has 0 spiro atoms. The van der Waals surface area contributed by atoms with Gasteiger partial charge >= 0.3 is 0 Å². The van der Waals surface area contributed by atoms with Crippen molar-refractivity contribution in [1.82, 2.24) is 24.4 Å². The number of nitrogens with zero attached hydrogens (tertiary/aromatic N) is 6. The van der Waals surface area contributed by atoms with E-state index in [1.54, 1.807) is 13.4 Å². The Hall–Kier alpha value is -4.43. The van der Waals surface area contributed by atoms with Crippen LogP contribution in [0.3, 0.4) is 0 Å². The number of nitrogens with one attached hydrogen (secondary N) is 1. The highest BCUT2D eigenvalue weighted by Gasteiger charge is 2.20. The number of methoxy groups -OCH3 is 1. The van der Waals surface area contributed by atoms with Gasteiger partial charge in [-0.15, -0.1) is 0 Å². The summed E-state index contributed by atoms with van der Waals surface area (Å²) in [7, 11) is 1.68. The summed E-state index contributed by atoms with van der Waals surface area (Å²) in [5.74, 6) is 2.41. The third kappa shape index (κ3) is 5.81. The molecule has 5 aromatic rings. The van der Waals surface area contributed by atoms with E-state index < -0.39 is 0 Å². The van der Waals surface area contributed by atoms with E-state index >= 15 is 0 Å². The fourth-order valence-electron chi connectivity index (χ4n) is 5.74. The van der Waals surface area contributed by atoms with Crippen molar-refractivity contribution in [2.75, 3.05) is 56.6 Å². The van der Waals surface area contributed by atoms with Gasteiger partial charge in [-0.25, -0.2) is 15.0 Å². The number of benzene rings is 3. The predicted molar refractivity (Wildman–Crippen MR) is 171 cm³/mol. The first-order valence-electron chi connectivity index (χ1n) is 14.8. The molecule has 0 unspecified atom stereocenters. The zero-order valence-electron chi connectivity index (χ0n) is 24.8. The minimum absolute atomic E-state index is 0.770. The fraction of sp³-hybridized carbons (Fsp3) is 0.324. The molecule has 6 rings (SSSR count). The fourth-order valence-corrected chi connectivity index (χ4v) is 5.74. The molecule has 1 N–H and O–H groups in total. The lowest BCUT2D eigenvalue weighted by Crippen LogP contribution is -2.46. The SMILES string of the molecule is COc1ccc(-n2c(-c3ccccc3)nc3c(NCCCCN4CCN(c5cccc(C)c5C)CC4)ncnc32)cc1. The number of hydrogen-bond acceptors (Lipinski definition) is 7. The maximum Gasteiger partial charge on any atom is 0.170 e. The Kier molecular flexibility index (Phi) is 8.33. The summed E-state index contributed by atoms with van der Waals surface area (Å²) < 4.78 is 7.47. The molecule has 216 valence electrons. The number of aromatic nitrogens is 4. The summed E-state index contributed by atoms with van der Waals surface area (Å²) in [6, 6.07) is 24.8. The van der Waals surface area contributed by atoms with Crippen LogP contribution in [0.25, 0.3) is 28.2 Å².